The molecule has 0 radical (unpaired) electrons. The molecule has 0 aromatic carbocycles. The second-order valence-corrected chi connectivity index (χ2v) is 4.85. The molecule has 1 atom stereocenters. The number of carbonyl (C=O) groups excluding carboxylic acids is 1. The molecule has 1 unspecified atom stereocenters. The van der Waals surface area contributed by atoms with E-state index in [1.807, 2.05) is 6.92 Å². The third-order valence-corrected chi connectivity index (χ3v) is 2.21. The Bertz CT molecular complexity index is 128. The molecular weight excluding hydrogens is 166 g/mol. The standard InChI is InChI=1S/C7H14FO2P/c1-4-5-10-7(9)6(8)11(2)3/h6H,4-5H2,1-3H3. The van der Waals surface area contributed by atoms with E-state index in [9.17, 15) is 9.18 Å². The van der Waals surface area contributed by atoms with E-state index in [0.29, 0.717) is 6.61 Å². The van der Waals surface area contributed by atoms with E-state index < -0.39 is 19.8 Å². The molecule has 0 aliphatic rings. The van der Waals surface area contributed by atoms with Crippen LogP contribution in [0.25, 0.3) is 0 Å². The van der Waals surface area contributed by atoms with E-state index in [2.05, 4.69) is 4.74 Å². The van der Waals surface area contributed by atoms with E-state index >= 15 is 0 Å². The Hall–Kier alpha value is -0.170. The van der Waals surface area contributed by atoms with Gasteiger partial charge in [-0.3, -0.25) is 0 Å². The zero-order chi connectivity index (χ0) is 8.85. The summed E-state index contributed by atoms with van der Waals surface area (Å²) >= 11 is 0. The van der Waals surface area contributed by atoms with Gasteiger partial charge in [-0.1, -0.05) is 14.8 Å². The zero-order valence-electron chi connectivity index (χ0n) is 7.13. The van der Waals surface area contributed by atoms with Gasteiger partial charge in [-0.2, -0.15) is 0 Å². The van der Waals surface area contributed by atoms with Crippen LogP contribution in [0.5, 0.6) is 0 Å². The first kappa shape index (κ1) is 10.8. The van der Waals surface area contributed by atoms with Gasteiger partial charge in [0, 0.05) is 0 Å². The van der Waals surface area contributed by atoms with Crippen LogP contribution in [0.2, 0.25) is 0 Å². The minimum Gasteiger partial charge on any atom is -0.463 e. The summed E-state index contributed by atoms with van der Waals surface area (Å²) in [5, 5.41) is 0. The minimum atomic E-state index is -1.41. The summed E-state index contributed by atoms with van der Waals surface area (Å²) in [5.74, 6) is -2.11. The quantitative estimate of drug-likeness (QED) is 0.488. The highest BCUT2D eigenvalue weighted by Gasteiger charge is 2.21. The van der Waals surface area contributed by atoms with Crippen LogP contribution in [0.3, 0.4) is 0 Å². The fraction of sp³-hybridized carbons (Fsp3) is 0.857. The lowest BCUT2D eigenvalue weighted by Crippen LogP contribution is -2.17. The Labute approximate surface area is 67.9 Å². The van der Waals surface area contributed by atoms with Gasteiger partial charge in [0.25, 0.3) is 0 Å². The lowest BCUT2D eigenvalue weighted by molar-refractivity contribution is -0.146. The summed E-state index contributed by atoms with van der Waals surface area (Å²) in [4.78, 5) is 10.8. The Morgan fingerprint density at radius 1 is 1.64 bits per heavy atom. The Kier molecular flexibility index (Phi) is 5.39. The number of carbonyl (C=O) groups is 1. The topological polar surface area (TPSA) is 26.3 Å². The van der Waals surface area contributed by atoms with Crippen molar-refractivity contribution in [2.75, 3.05) is 19.9 Å². The average Bonchev–Trinajstić information content (AvgIpc) is 1.98. The van der Waals surface area contributed by atoms with Gasteiger partial charge in [0.1, 0.15) is 0 Å². The molecule has 0 aromatic heterocycles. The molecule has 0 fully saturated rings. The van der Waals surface area contributed by atoms with Gasteiger partial charge >= 0.3 is 5.97 Å². The van der Waals surface area contributed by atoms with Crippen molar-refractivity contribution in [1.29, 1.82) is 0 Å². The van der Waals surface area contributed by atoms with Crippen LogP contribution in [-0.4, -0.2) is 31.8 Å². The summed E-state index contributed by atoms with van der Waals surface area (Å²) in [6.45, 7) is 5.63. The molecule has 66 valence electrons. The van der Waals surface area contributed by atoms with Gasteiger partial charge in [0.2, 0.25) is 5.91 Å². The van der Waals surface area contributed by atoms with E-state index in [-0.39, 0.29) is 0 Å². The SMILES string of the molecule is CCCOC(=O)C(F)P(C)C. The summed E-state index contributed by atoms with van der Waals surface area (Å²) < 4.78 is 17.4. The third-order valence-electron chi connectivity index (χ3n) is 1.10. The maximum absolute atomic E-state index is 12.8. The third kappa shape index (κ3) is 4.31. The van der Waals surface area contributed by atoms with Crippen LogP contribution >= 0.6 is 7.92 Å². The highest BCUT2D eigenvalue weighted by Crippen LogP contribution is 2.33. The van der Waals surface area contributed by atoms with E-state index in [0.717, 1.165) is 6.42 Å². The number of rotatable bonds is 4. The first-order valence-corrected chi connectivity index (χ1v) is 5.87. The highest BCUT2D eigenvalue weighted by atomic mass is 31.1. The molecule has 0 bridgehead atoms. The lowest BCUT2D eigenvalue weighted by atomic mass is 10.5. The summed E-state index contributed by atoms with van der Waals surface area (Å²) in [7, 11) is -0.859. The molecule has 0 N–H and O–H groups in total. The monoisotopic (exact) mass is 180 g/mol. The highest BCUT2D eigenvalue weighted by molar-refractivity contribution is 7.57. The number of ether oxygens (including phenoxy) is 1. The van der Waals surface area contributed by atoms with Crippen LogP contribution in [0.4, 0.5) is 4.39 Å². The van der Waals surface area contributed by atoms with Crippen molar-refractivity contribution >= 4 is 13.9 Å². The largest absolute Gasteiger partial charge is 0.463 e. The maximum atomic E-state index is 12.8. The smallest absolute Gasteiger partial charge is 0.345 e. The van der Waals surface area contributed by atoms with Crippen molar-refractivity contribution in [3.63, 3.8) is 0 Å². The van der Waals surface area contributed by atoms with Gasteiger partial charge in [0.05, 0.1) is 6.61 Å². The Balaban J connectivity index is 3.64. The van der Waals surface area contributed by atoms with Crippen LogP contribution in [0.1, 0.15) is 13.3 Å². The molecular formula is C7H14FO2P. The van der Waals surface area contributed by atoms with Crippen LogP contribution < -0.4 is 0 Å². The predicted molar refractivity (Wildman–Crippen MR) is 44.9 cm³/mol. The molecule has 0 rings (SSSR count). The second kappa shape index (κ2) is 5.48. The molecule has 0 saturated carbocycles. The maximum Gasteiger partial charge on any atom is 0.345 e. The van der Waals surface area contributed by atoms with Gasteiger partial charge < -0.3 is 4.74 Å². The Morgan fingerprint density at radius 3 is 2.55 bits per heavy atom. The average molecular weight is 180 g/mol. The molecule has 0 aliphatic carbocycles. The van der Waals surface area contributed by atoms with Gasteiger partial charge in [0.15, 0.2) is 0 Å². The molecule has 0 saturated heterocycles. The predicted octanol–water partition coefficient (Wildman–Crippen LogP) is 1.98. The molecule has 0 spiro atoms. The van der Waals surface area contributed by atoms with Crippen molar-refractivity contribution in [2.24, 2.45) is 0 Å². The fourth-order valence-corrected chi connectivity index (χ4v) is 0.978. The number of alkyl halides is 1. The number of halogens is 1. The van der Waals surface area contributed by atoms with E-state index in [1.165, 1.54) is 0 Å². The molecule has 0 amide bonds. The normalized spacial score (nSPS) is 13.2. The molecule has 0 heterocycles. The number of hydrogen-bond acceptors (Lipinski definition) is 2. The fourth-order valence-electron chi connectivity index (χ4n) is 0.482. The van der Waals surface area contributed by atoms with Gasteiger partial charge in [-0.05, 0) is 19.8 Å². The van der Waals surface area contributed by atoms with E-state index in [4.69, 9.17) is 0 Å². The van der Waals surface area contributed by atoms with E-state index in [1.54, 1.807) is 13.3 Å². The Morgan fingerprint density at radius 2 is 2.18 bits per heavy atom. The first-order chi connectivity index (χ1) is 5.09. The van der Waals surface area contributed by atoms with Crippen molar-refractivity contribution in [1.82, 2.24) is 0 Å². The van der Waals surface area contributed by atoms with Crippen molar-refractivity contribution in [3.8, 4) is 0 Å². The van der Waals surface area contributed by atoms with Crippen LogP contribution in [0, 0.1) is 0 Å². The first-order valence-electron chi connectivity index (χ1n) is 3.56. The molecule has 11 heavy (non-hydrogen) atoms. The minimum absolute atomic E-state index is 0.322. The zero-order valence-corrected chi connectivity index (χ0v) is 8.03. The number of hydrogen-bond donors (Lipinski definition) is 0. The van der Waals surface area contributed by atoms with Gasteiger partial charge in [-0.15, -0.1) is 0 Å². The number of esters is 1. The van der Waals surface area contributed by atoms with Crippen molar-refractivity contribution < 1.29 is 13.9 Å². The summed E-state index contributed by atoms with van der Waals surface area (Å²) in [6, 6.07) is 0. The lowest BCUT2D eigenvalue weighted by Gasteiger charge is -2.10. The molecule has 2 nitrogen and oxygen atoms in total. The van der Waals surface area contributed by atoms with Gasteiger partial charge in [-0.25, -0.2) is 9.18 Å². The summed E-state index contributed by atoms with van der Waals surface area (Å²) in [5.41, 5.74) is 0. The van der Waals surface area contributed by atoms with Crippen LogP contribution in [0.15, 0.2) is 0 Å². The molecule has 4 heteroatoms. The molecule has 0 aliphatic heterocycles. The summed E-state index contributed by atoms with van der Waals surface area (Å²) in [6.07, 6.45) is 0.740. The van der Waals surface area contributed by atoms with Crippen LogP contribution in [-0.2, 0) is 9.53 Å². The second-order valence-electron chi connectivity index (χ2n) is 2.47. The molecule has 0 aromatic rings. The van der Waals surface area contributed by atoms with Crippen molar-refractivity contribution in [3.05, 3.63) is 0 Å². The van der Waals surface area contributed by atoms with Crippen molar-refractivity contribution in [2.45, 2.75) is 19.3 Å².